The van der Waals surface area contributed by atoms with Crippen LogP contribution >= 0.6 is 0 Å². The minimum Gasteiger partial charge on any atom is -0.465 e. The highest BCUT2D eigenvalue weighted by Crippen LogP contribution is 2.42. The van der Waals surface area contributed by atoms with Crippen LogP contribution in [0.25, 0.3) is 0 Å². The van der Waals surface area contributed by atoms with E-state index in [0.29, 0.717) is 31.5 Å². The van der Waals surface area contributed by atoms with E-state index in [2.05, 4.69) is 4.74 Å². The minimum absolute atomic E-state index is 0.00128. The number of para-hydroxylation sites is 2. The Labute approximate surface area is 204 Å². The molecule has 35 heavy (non-hydrogen) atoms. The zero-order valence-electron chi connectivity index (χ0n) is 20.5. The smallest absolute Gasteiger partial charge is 0.410 e. The summed E-state index contributed by atoms with van der Waals surface area (Å²) in [5.74, 6) is -1.15. The number of piperidine rings is 1. The molecule has 2 heterocycles. The van der Waals surface area contributed by atoms with Crippen molar-refractivity contribution in [2.75, 3.05) is 30.0 Å². The van der Waals surface area contributed by atoms with Crippen LogP contribution in [-0.2, 0) is 16.0 Å². The third-order valence-corrected chi connectivity index (χ3v) is 6.32. The number of fused-ring (bicyclic) bond motifs is 1. The largest absolute Gasteiger partial charge is 0.465 e. The summed E-state index contributed by atoms with van der Waals surface area (Å²) in [7, 11) is 1.25. The molecule has 9 heteroatoms. The van der Waals surface area contributed by atoms with Gasteiger partial charge in [0, 0.05) is 24.7 Å². The zero-order valence-corrected chi connectivity index (χ0v) is 20.5. The third-order valence-electron chi connectivity index (χ3n) is 6.32. The molecule has 2 aliphatic rings. The Hall–Kier alpha value is -3.33. The van der Waals surface area contributed by atoms with Gasteiger partial charge in [-0.15, -0.1) is 0 Å². The summed E-state index contributed by atoms with van der Waals surface area (Å²) >= 11 is 0. The number of carbonyl (C=O) groups excluding carboxylic acids is 2. The fraction of sp³-hybridized carbons (Fsp3) is 0.462. The number of anilines is 2. The van der Waals surface area contributed by atoms with Gasteiger partial charge in [0.15, 0.2) is 0 Å². The van der Waals surface area contributed by atoms with Gasteiger partial charge >= 0.3 is 12.1 Å². The van der Waals surface area contributed by atoms with Crippen molar-refractivity contribution in [3.63, 3.8) is 0 Å². The third kappa shape index (κ3) is 5.19. The van der Waals surface area contributed by atoms with Crippen molar-refractivity contribution >= 4 is 23.4 Å². The van der Waals surface area contributed by atoms with E-state index >= 15 is 0 Å². The molecule has 0 radical (unpaired) electrons. The number of aliphatic hydroxyl groups is 1. The molecular formula is C26H32FN3O5. The number of likely N-dealkylation sites (tertiary alicyclic amines) is 1. The second kappa shape index (κ2) is 9.73. The maximum atomic E-state index is 14.8. The molecule has 0 bridgehead atoms. The predicted octanol–water partition coefficient (Wildman–Crippen LogP) is 4.11. The first-order valence-corrected chi connectivity index (χ1v) is 11.8. The molecular weight excluding hydrogens is 453 g/mol. The molecule has 1 saturated heterocycles. The Morgan fingerprint density at radius 1 is 1.09 bits per heavy atom. The van der Waals surface area contributed by atoms with E-state index in [0.717, 1.165) is 17.4 Å². The molecule has 2 aromatic rings. The number of benzene rings is 2. The van der Waals surface area contributed by atoms with Gasteiger partial charge in [0.05, 0.1) is 30.6 Å². The van der Waals surface area contributed by atoms with Crippen molar-refractivity contribution in [3.8, 4) is 0 Å². The summed E-state index contributed by atoms with van der Waals surface area (Å²) in [5, 5.41) is 11.3. The fourth-order valence-corrected chi connectivity index (χ4v) is 4.63. The molecule has 1 N–H and O–H groups in total. The van der Waals surface area contributed by atoms with Crippen LogP contribution in [0.4, 0.5) is 20.6 Å². The van der Waals surface area contributed by atoms with Crippen LogP contribution in [0.15, 0.2) is 42.5 Å². The van der Waals surface area contributed by atoms with Gasteiger partial charge in [0.25, 0.3) is 0 Å². The first kappa shape index (κ1) is 24.8. The lowest BCUT2D eigenvalue weighted by Crippen LogP contribution is -2.53. The number of methoxy groups -OCH3 is 1. The molecule has 188 valence electrons. The monoisotopic (exact) mass is 485 g/mol. The Morgan fingerprint density at radius 2 is 1.74 bits per heavy atom. The highest BCUT2D eigenvalue weighted by molar-refractivity contribution is 5.89. The van der Waals surface area contributed by atoms with Crippen LogP contribution in [0.1, 0.15) is 49.5 Å². The molecule has 0 saturated carbocycles. The highest BCUT2D eigenvalue weighted by atomic mass is 19.1. The van der Waals surface area contributed by atoms with Crippen LogP contribution in [0.2, 0.25) is 0 Å². The van der Waals surface area contributed by atoms with E-state index in [1.807, 2.05) is 49.9 Å². The lowest BCUT2D eigenvalue weighted by Gasteiger charge is -2.40. The number of hydrogen-bond donors (Lipinski definition) is 1. The van der Waals surface area contributed by atoms with Crippen molar-refractivity contribution in [1.29, 1.82) is 0 Å². The van der Waals surface area contributed by atoms with Gasteiger partial charge in [-0.1, -0.05) is 18.2 Å². The molecule has 2 aromatic carbocycles. The highest BCUT2D eigenvalue weighted by Gasteiger charge is 2.40. The Kier molecular flexibility index (Phi) is 6.89. The SMILES string of the molecule is COC(=O)c1ccc(CN2c3ccccc3N(C3CCN(C(=O)OC(C)(C)C)CC3)C2O)c(F)c1. The molecule has 0 spiro atoms. The minimum atomic E-state index is -0.995. The van der Waals surface area contributed by atoms with E-state index in [1.165, 1.54) is 13.2 Å². The van der Waals surface area contributed by atoms with Gasteiger partial charge in [-0.05, 0) is 57.9 Å². The molecule has 1 atom stereocenters. The van der Waals surface area contributed by atoms with Crippen molar-refractivity contribution in [1.82, 2.24) is 4.90 Å². The second-order valence-electron chi connectivity index (χ2n) is 9.87. The number of nitrogens with zero attached hydrogens (tertiary/aromatic N) is 3. The molecule has 1 amide bonds. The molecule has 0 aromatic heterocycles. The summed E-state index contributed by atoms with van der Waals surface area (Å²) in [6.45, 7) is 6.70. The summed E-state index contributed by atoms with van der Waals surface area (Å²) < 4.78 is 25.0. The van der Waals surface area contributed by atoms with Gasteiger partial charge in [0.2, 0.25) is 6.35 Å². The van der Waals surface area contributed by atoms with E-state index < -0.39 is 23.7 Å². The molecule has 1 fully saturated rings. The van der Waals surface area contributed by atoms with Crippen LogP contribution in [-0.4, -0.2) is 60.3 Å². The number of ether oxygens (including phenoxy) is 2. The molecule has 1 unspecified atom stereocenters. The zero-order chi connectivity index (χ0) is 25.3. The number of aliphatic hydroxyl groups excluding tert-OH is 1. The van der Waals surface area contributed by atoms with Gasteiger partial charge < -0.3 is 29.3 Å². The van der Waals surface area contributed by atoms with Crippen LogP contribution in [0, 0.1) is 5.82 Å². The van der Waals surface area contributed by atoms with Gasteiger partial charge in [0.1, 0.15) is 11.4 Å². The summed E-state index contributed by atoms with van der Waals surface area (Å²) in [5.41, 5.74) is 1.60. The normalized spacial score (nSPS) is 18.5. The van der Waals surface area contributed by atoms with Gasteiger partial charge in [-0.2, -0.15) is 0 Å². The number of hydrogen-bond acceptors (Lipinski definition) is 7. The Morgan fingerprint density at radius 3 is 2.34 bits per heavy atom. The second-order valence-corrected chi connectivity index (χ2v) is 9.87. The predicted molar refractivity (Wildman–Crippen MR) is 130 cm³/mol. The molecule has 2 aliphatic heterocycles. The topological polar surface area (TPSA) is 82.6 Å². The molecule has 0 aliphatic carbocycles. The van der Waals surface area contributed by atoms with Crippen molar-refractivity contribution in [2.24, 2.45) is 0 Å². The van der Waals surface area contributed by atoms with Crippen molar-refractivity contribution in [2.45, 2.75) is 58.2 Å². The van der Waals surface area contributed by atoms with E-state index in [1.54, 1.807) is 15.9 Å². The summed E-state index contributed by atoms with van der Waals surface area (Å²) in [6, 6.07) is 11.8. The van der Waals surface area contributed by atoms with Crippen molar-refractivity contribution in [3.05, 3.63) is 59.4 Å². The number of amides is 1. The quantitative estimate of drug-likeness (QED) is 0.653. The van der Waals surface area contributed by atoms with Crippen LogP contribution in [0.5, 0.6) is 0 Å². The summed E-state index contributed by atoms with van der Waals surface area (Å²) in [4.78, 5) is 29.5. The Bertz CT molecular complexity index is 1090. The Balaban J connectivity index is 1.50. The fourth-order valence-electron chi connectivity index (χ4n) is 4.63. The number of carbonyl (C=O) groups is 2. The maximum absolute atomic E-state index is 14.8. The first-order chi connectivity index (χ1) is 16.6. The average Bonchev–Trinajstić information content (AvgIpc) is 3.10. The molecule has 8 nitrogen and oxygen atoms in total. The van der Waals surface area contributed by atoms with Crippen molar-refractivity contribution < 1.29 is 28.6 Å². The first-order valence-electron chi connectivity index (χ1n) is 11.8. The van der Waals surface area contributed by atoms with E-state index in [4.69, 9.17) is 4.74 Å². The maximum Gasteiger partial charge on any atom is 0.410 e. The number of rotatable bonds is 4. The number of halogens is 1. The lowest BCUT2D eigenvalue weighted by atomic mass is 10.0. The average molecular weight is 486 g/mol. The molecule has 4 rings (SSSR count). The summed E-state index contributed by atoms with van der Waals surface area (Å²) in [6.07, 6.45) is 0.0115. The number of esters is 1. The van der Waals surface area contributed by atoms with Crippen LogP contribution in [0.3, 0.4) is 0 Å². The van der Waals surface area contributed by atoms with E-state index in [9.17, 15) is 19.1 Å². The van der Waals surface area contributed by atoms with E-state index in [-0.39, 0.29) is 24.2 Å². The van der Waals surface area contributed by atoms with Gasteiger partial charge in [-0.25, -0.2) is 14.0 Å². The van der Waals surface area contributed by atoms with Crippen LogP contribution < -0.4 is 9.80 Å². The lowest BCUT2D eigenvalue weighted by molar-refractivity contribution is 0.0195. The van der Waals surface area contributed by atoms with Gasteiger partial charge in [-0.3, -0.25) is 0 Å². The standard InChI is InChI=1S/C26H32FN3O5/c1-26(2,3)35-25(33)28-13-11-19(12-14-28)30-22-8-6-5-7-21(22)29(24(30)32)16-18-10-9-17(15-20(18)27)23(31)34-4/h5-10,15,19,24,32H,11-14,16H2,1-4H3.